The molecule has 0 amide bonds. The van der Waals surface area contributed by atoms with Gasteiger partial charge in [-0.2, -0.15) is 0 Å². The van der Waals surface area contributed by atoms with Crippen molar-refractivity contribution in [3.63, 3.8) is 0 Å². The first kappa shape index (κ1) is 18.1. The molecule has 0 bridgehead atoms. The van der Waals surface area contributed by atoms with Crippen molar-refractivity contribution in [2.45, 2.75) is 19.9 Å². The molecule has 0 aliphatic carbocycles. The molecule has 0 aliphatic rings. The number of aromatic amines is 1. The molecule has 3 N–H and O–H groups in total. The molecule has 2 rings (SSSR count). The average molecular weight is 372 g/mol. The van der Waals surface area contributed by atoms with E-state index in [1.165, 1.54) is 12.1 Å². The van der Waals surface area contributed by atoms with E-state index in [4.69, 9.17) is 33.7 Å². The molecule has 9 heteroatoms. The van der Waals surface area contributed by atoms with Crippen LogP contribution in [0.25, 0.3) is 0 Å². The third-order valence-electron chi connectivity index (χ3n) is 3.22. The van der Waals surface area contributed by atoms with Gasteiger partial charge in [0.2, 0.25) is 5.78 Å². The maximum atomic E-state index is 12.3. The zero-order chi connectivity index (χ0) is 17.9. The van der Waals surface area contributed by atoms with Gasteiger partial charge in [0.1, 0.15) is 17.1 Å². The summed E-state index contributed by atoms with van der Waals surface area (Å²) in [5.74, 6) is -0.600. The highest BCUT2D eigenvalue weighted by molar-refractivity contribution is 6.35. The van der Waals surface area contributed by atoms with Gasteiger partial charge < -0.3 is 10.5 Å². The summed E-state index contributed by atoms with van der Waals surface area (Å²) in [6.45, 7) is 1.66. The molecule has 0 saturated heterocycles. The molecule has 0 radical (unpaired) electrons. The predicted octanol–water partition coefficient (Wildman–Crippen LogP) is 2.10. The quantitative estimate of drug-likeness (QED) is 0.755. The van der Waals surface area contributed by atoms with Crippen molar-refractivity contribution < 1.29 is 9.53 Å². The van der Waals surface area contributed by atoms with E-state index in [1.807, 2.05) is 6.92 Å². The summed E-state index contributed by atoms with van der Waals surface area (Å²) in [5, 5.41) is 0.652. The van der Waals surface area contributed by atoms with Gasteiger partial charge in [-0.3, -0.25) is 19.1 Å². The summed E-state index contributed by atoms with van der Waals surface area (Å²) < 4.78 is 6.45. The van der Waals surface area contributed by atoms with Gasteiger partial charge in [0.15, 0.2) is 6.61 Å². The number of carbonyl (C=O) groups excluding carboxylic acids is 1. The van der Waals surface area contributed by atoms with E-state index in [0.29, 0.717) is 11.4 Å². The maximum Gasteiger partial charge on any atom is 0.329 e. The lowest BCUT2D eigenvalue weighted by Crippen LogP contribution is -2.37. The fraction of sp³-hybridized carbons (Fsp3) is 0.267. The molecule has 2 aromatic rings. The monoisotopic (exact) mass is 371 g/mol. The minimum atomic E-state index is -0.847. The largest absolute Gasteiger partial charge is 0.484 e. The van der Waals surface area contributed by atoms with Crippen molar-refractivity contribution in [1.29, 1.82) is 0 Å². The lowest BCUT2D eigenvalue weighted by molar-refractivity contribution is 0.0920. The fourth-order valence-corrected chi connectivity index (χ4v) is 2.57. The number of ether oxygens (including phenoxy) is 1. The van der Waals surface area contributed by atoms with Crippen LogP contribution in [0.15, 0.2) is 27.8 Å². The number of H-pyrrole nitrogens is 1. The summed E-state index contributed by atoms with van der Waals surface area (Å²) in [4.78, 5) is 38.0. The van der Waals surface area contributed by atoms with E-state index in [-0.39, 0.29) is 28.7 Å². The van der Waals surface area contributed by atoms with Crippen molar-refractivity contribution in [1.82, 2.24) is 9.55 Å². The molecule has 0 aliphatic heterocycles. The van der Waals surface area contributed by atoms with Crippen molar-refractivity contribution in [2.75, 3.05) is 12.3 Å². The number of nitrogens with zero attached hydrogens (tertiary/aromatic N) is 1. The Morgan fingerprint density at radius 3 is 2.67 bits per heavy atom. The molecule has 128 valence electrons. The molecule has 0 saturated carbocycles. The van der Waals surface area contributed by atoms with E-state index in [2.05, 4.69) is 4.98 Å². The van der Waals surface area contributed by atoms with Gasteiger partial charge >= 0.3 is 5.69 Å². The van der Waals surface area contributed by atoms with Crippen molar-refractivity contribution >= 4 is 34.8 Å². The van der Waals surface area contributed by atoms with Crippen LogP contribution in [0.1, 0.15) is 23.7 Å². The van der Waals surface area contributed by atoms with Gasteiger partial charge in [-0.25, -0.2) is 4.79 Å². The number of anilines is 1. The standard InChI is InChI=1S/C15H15Cl2N3O4/c1-2-5-20-13(18)12(14(22)19-15(20)23)10(21)7-24-11-4-3-8(16)6-9(11)17/h3-4,6H,2,5,7,18H2,1H3,(H,19,22,23). The van der Waals surface area contributed by atoms with Crippen molar-refractivity contribution in [3.05, 3.63) is 54.6 Å². The van der Waals surface area contributed by atoms with Gasteiger partial charge in [0, 0.05) is 11.6 Å². The van der Waals surface area contributed by atoms with Crippen molar-refractivity contribution in [2.24, 2.45) is 0 Å². The first-order chi connectivity index (χ1) is 11.3. The lowest BCUT2D eigenvalue weighted by Gasteiger charge is -2.12. The van der Waals surface area contributed by atoms with E-state index in [0.717, 1.165) is 4.57 Å². The zero-order valence-corrected chi connectivity index (χ0v) is 14.3. The van der Waals surface area contributed by atoms with Crippen LogP contribution >= 0.6 is 23.2 Å². The third kappa shape index (κ3) is 3.80. The highest BCUT2D eigenvalue weighted by Gasteiger charge is 2.20. The smallest absolute Gasteiger partial charge is 0.329 e. The number of nitrogen functional groups attached to an aromatic ring is 1. The normalized spacial score (nSPS) is 10.6. The number of ketones is 1. The second-order valence-corrected chi connectivity index (χ2v) is 5.80. The minimum Gasteiger partial charge on any atom is -0.484 e. The van der Waals surface area contributed by atoms with Crippen LogP contribution in [0.5, 0.6) is 5.75 Å². The second-order valence-electron chi connectivity index (χ2n) is 4.96. The Hall–Kier alpha value is -2.25. The molecule has 0 spiro atoms. The topological polar surface area (TPSA) is 107 Å². The molecule has 1 aromatic carbocycles. The number of hydrogen-bond donors (Lipinski definition) is 2. The lowest BCUT2D eigenvalue weighted by atomic mass is 10.2. The summed E-state index contributed by atoms with van der Waals surface area (Å²) >= 11 is 11.7. The number of carbonyl (C=O) groups is 1. The highest BCUT2D eigenvalue weighted by Crippen LogP contribution is 2.27. The van der Waals surface area contributed by atoms with Gasteiger partial charge in [-0.1, -0.05) is 30.1 Å². The van der Waals surface area contributed by atoms with Crippen LogP contribution in [-0.4, -0.2) is 21.9 Å². The summed E-state index contributed by atoms with van der Waals surface area (Å²) in [6.07, 6.45) is 0.612. The van der Waals surface area contributed by atoms with E-state index in [9.17, 15) is 14.4 Å². The number of Topliss-reactive ketones (excluding diaryl/α,β-unsaturated/α-hetero) is 1. The summed E-state index contributed by atoms with van der Waals surface area (Å²) in [7, 11) is 0. The minimum absolute atomic E-state index is 0.179. The Kier molecular flexibility index (Phi) is 5.69. The number of nitrogens with two attached hydrogens (primary N) is 1. The Balaban J connectivity index is 2.28. The molecule has 0 fully saturated rings. The summed E-state index contributed by atoms with van der Waals surface area (Å²) in [6, 6.07) is 4.52. The average Bonchev–Trinajstić information content (AvgIpc) is 2.50. The number of benzene rings is 1. The van der Waals surface area contributed by atoms with Crippen LogP contribution in [0.3, 0.4) is 0 Å². The predicted molar refractivity (Wildman–Crippen MR) is 92.3 cm³/mol. The van der Waals surface area contributed by atoms with Crippen LogP contribution in [-0.2, 0) is 6.54 Å². The fourth-order valence-electron chi connectivity index (χ4n) is 2.11. The van der Waals surface area contributed by atoms with Gasteiger partial charge in [0.25, 0.3) is 5.56 Å². The first-order valence-corrected chi connectivity index (χ1v) is 7.84. The molecule has 0 atom stereocenters. The Bertz CT molecular complexity index is 889. The Morgan fingerprint density at radius 1 is 1.33 bits per heavy atom. The first-order valence-electron chi connectivity index (χ1n) is 7.08. The van der Waals surface area contributed by atoms with E-state index < -0.39 is 23.6 Å². The van der Waals surface area contributed by atoms with Crippen LogP contribution in [0.2, 0.25) is 10.0 Å². The van der Waals surface area contributed by atoms with Gasteiger partial charge in [-0.05, 0) is 24.6 Å². The highest BCUT2D eigenvalue weighted by atomic mass is 35.5. The zero-order valence-electron chi connectivity index (χ0n) is 12.8. The maximum absolute atomic E-state index is 12.3. The van der Waals surface area contributed by atoms with E-state index >= 15 is 0 Å². The Labute approximate surface area is 147 Å². The van der Waals surface area contributed by atoms with Gasteiger partial charge in [0.05, 0.1) is 5.02 Å². The number of hydrogen-bond acceptors (Lipinski definition) is 5. The molecule has 7 nitrogen and oxygen atoms in total. The molecular formula is C15H15Cl2N3O4. The SMILES string of the molecule is CCCn1c(N)c(C(=O)COc2ccc(Cl)cc2Cl)c(=O)[nH]c1=O. The van der Waals surface area contributed by atoms with Crippen LogP contribution in [0.4, 0.5) is 5.82 Å². The van der Waals surface area contributed by atoms with Crippen LogP contribution < -0.4 is 21.7 Å². The number of nitrogens with one attached hydrogen (secondary N) is 1. The van der Waals surface area contributed by atoms with Crippen molar-refractivity contribution in [3.8, 4) is 5.75 Å². The molecule has 1 heterocycles. The van der Waals surface area contributed by atoms with Gasteiger partial charge in [-0.15, -0.1) is 0 Å². The van der Waals surface area contributed by atoms with E-state index in [1.54, 1.807) is 6.07 Å². The summed E-state index contributed by atoms with van der Waals surface area (Å²) in [5.41, 5.74) is 4.00. The molecule has 0 unspecified atom stereocenters. The number of rotatable bonds is 6. The second kappa shape index (κ2) is 7.55. The third-order valence-corrected chi connectivity index (χ3v) is 3.75. The van der Waals surface area contributed by atoms with Crippen LogP contribution in [0, 0.1) is 0 Å². The molecular weight excluding hydrogens is 357 g/mol. The Morgan fingerprint density at radius 2 is 2.04 bits per heavy atom. The number of aromatic nitrogens is 2. The molecule has 1 aromatic heterocycles. The molecule has 24 heavy (non-hydrogen) atoms. The number of halogens is 2.